The molecule has 22 heavy (non-hydrogen) atoms. The first kappa shape index (κ1) is 16.1. The van der Waals surface area contributed by atoms with Crippen molar-refractivity contribution in [2.45, 2.75) is 26.2 Å². The minimum absolute atomic E-state index is 0.124. The lowest BCUT2D eigenvalue weighted by Crippen LogP contribution is -2.21. The largest absolute Gasteiger partial charge is 0.489 e. The van der Waals surface area contributed by atoms with E-state index in [0.717, 1.165) is 5.57 Å². The summed E-state index contributed by atoms with van der Waals surface area (Å²) >= 11 is 0. The predicted octanol–water partition coefficient (Wildman–Crippen LogP) is 3.08. The molecule has 118 valence electrons. The number of rotatable bonds is 6. The number of anilines is 1. The van der Waals surface area contributed by atoms with E-state index in [2.05, 4.69) is 11.9 Å². The maximum atomic E-state index is 12.2. The highest BCUT2D eigenvalue weighted by molar-refractivity contribution is 5.93. The molecule has 1 saturated carbocycles. The molecule has 0 saturated heterocycles. The molecular formula is C17H21NO4. The van der Waals surface area contributed by atoms with E-state index in [1.807, 2.05) is 13.0 Å². The lowest BCUT2D eigenvalue weighted by Gasteiger charge is -2.12. The molecule has 1 aromatic carbocycles. The Labute approximate surface area is 130 Å². The second-order valence-electron chi connectivity index (χ2n) is 5.81. The number of aliphatic carboxylic acids is 1. The summed E-state index contributed by atoms with van der Waals surface area (Å²) in [5.74, 6) is -0.913. The fourth-order valence-electron chi connectivity index (χ4n) is 2.56. The smallest absolute Gasteiger partial charge is 0.306 e. The van der Waals surface area contributed by atoms with E-state index in [1.54, 1.807) is 18.2 Å². The van der Waals surface area contributed by atoms with Gasteiger partial charge in [-0.3, -0.25) is 9.59 Å². The van der Waals surface area contributed by atoms with Crippen LogP contribution < -0.4 is 10.1 Å². The normalized spacial score (nSPS) is 20.4. The lowest BCUT2D eigenvalue weighted by atomic mass is 10.0. The molecule has 1 aliphatic carbocycles. The summed E-state index contributed by atoms with van der Waals surface area (Å²) in [6, 6.07) is 7.16. The van der Waals surface area contributed by atoms with Crippen LogP contribution in [-0.2, 0) is 9.59 Å². The van der Waals surface area contributed by atoms with Crippen molar-refractivity contribution in [1.29, 1.82) is 0 Å². The first-order chi connectivity index (χ1) is 10.5. The van der Waals surface area contributed by atoms with Crippen LogP contribution >= 0.6 is 0 Å². The average Bonchev–Trinajstić information content (AvgIpc) is 2.95. The Morgan fingerprint density at radius 2 is 2.09 bits per heavy atom. The molecule has 1 aliphatic rings. The number of carbonyl (C=O) groups excluding carboxylic acids is 1. The zero-order valence-corrected chi connectivity index (χ0v) is 12.7. The van der Waals surface area contributed by atoms with Crippen molar-refractivity contribution in [2.24, 2.45) is 11.8 Å². The summed E-state index contributed by atoms with van der Waals surface area (Å²) < 4.78 is 5.54. The minimum Gasteiger partial charge on any atom is -0.489 e. The van der Waals surface area contributed by atoms with Crippen molar-refractivity contribution < 1.29 is 19.4 Å². The molecule has 5 nitrogen and oxygen atoms in total. The fourth-order valence-corrected chi connectivity index (χ4v) is 2.56. The predicted molar refractivity (Wildman–Crippen MR) is 83.8 cm³/mol. The van der Waals surface area contributed by atoms with Crippen molar-refractivity contribution in [3.63, 3.8) is 0 Å². The van der Waals surface area contributed by atoms with Gasteiger partial charge in [0, 0.05) is 17.7 Å². The number of ether oxygens (including phenoxy) is 1. The topological polar surface area (TPSA) is 75.6 Å². The van der Waals surface area contributed by atoms with Crippen LogP contribution in [0.2, 0.25) is 0 Å². The van der Waals surface area contributed by atoms with E-state index >= 15 is 0 Å². The first-order valence-corrected chi connectivity index (χ1v) is 7.36. The Balaban J connectivity index is 1.93. The molecule has 2 rings (SSSR count). The molecular weight excluding hydrogens is 282 g/mol. The summed E-state index contributed by atoms with van der Waals surface area (Å²) in [6.45, 7) is 6.08. The van der Waals surface area contributed by atoms with Crippen molar-refractivity contribution >= 4 is 17.6 Å². The van der Waals surface area contributed by atoms with Gasteiger partial charge >= 0.3 is 5.97 Å². The van der Waals surface area contributed by atoms with E-state index in [-0.39, 0.29) is 11.8 Å². The highest BCUT2D eigenvalue weighted by Crippen LogP contribution is 2.32. The van der Waals surface area contributed by atoms with E-state index in [0.29, 0.717) is 37.3 Å². The summed E-state index contributed by atoms with van der Waals surface area (Å²) in [4.78, 5) is 23.1. The number of carboxylic acids is 1. The number of hydrogen-bond acceptors (Lipinski definition) is 3. The van der Waals surface area contributed by atoms with Crippen molar-refractivity contribution in [2.75, 3.05) is 11.9 Å². The molecule has 0 unspecified atom stereocenters. The van der Waals surface area contributed by atoms with Gasteiger partial charge in [0.15, 0.2) is 0 Å². The van der Waals surface area contributed by atoms with Gasteiger partial charge in [-0.25, -0.2) is 0 Å². The molecule has 0 aromatic heterocycles. The summed E-state index contributed by atoms with van der Waals surface area (Å²) in [7, 11) is 0. The van der Waals surface area contributed by atoms with Crippen LogP contribution in [0.4, 0.5) is 5.69 Å². The third kappa shape index (κ3) is 4.35. The van der Waals surface area contributed by atoms with Crippen LogP contribution in [0.25, 0.3) is 0 Å². The average molecular weight is 303 g/mol. The summed E-state index contributed by atoms with van der Waals surface area (Å²) in [5.41, 5.74) is 1.57. The SMILES string of the molecule is C=C(C)COc1cccc(NC(=O)[C@@H]2CC[C@H](C(=O)O)C2)c1. The Morgan fingerprint density at radius 3 is 2.73 bits per heavy atom. The minimum atomic E-state index is -0.814. The van der Waals surface area contributed by atoms with Gasteiger partial charge in [0.2, 0.25) is 5.91 Å². The molecule has 0 aliphatic heterocycles. The Hall–Kier alpha value is -2.30. The first-order valence-electron chi connectivity index (χ1n) is 7.36. The van der Waals surface area contributed by atoms with Crippen LogP contribution in [-0.4, -0.2) is 23.6 Å². The number of carbonyl (C=O) groups is 2. The monoisotopic (exact) mass is 303 g/mol. The molecule has 0 heterocycles. The van der Waals surface area contributed by atoms with Gasteiger partial charge in [-0.05, 0) is 43.9 Å². The van der Waals surface area contributed by atoms with Crippen LogP contribution in [0.15, 0.2) is 36.4 Å². The van der Waals surface area contributed by atoms with E-state index in [4.69, 9.17) is 9.84 Å². The molecule has 0 radical (unpaired) electrons. The van der Waals surface area contributed by atoms with E-state index < -0.39 is 11.9 Å². The van der Waals surface area contributed by atoms with Gasteiger partial charge in [-0.2, -0.15) is 0 Å². The summed E-state index contributed by atoms with van der Waals surface area (Å²) in [5, 5.41) is 11.8. The van der Waals surface area contributed by atoms with Crippen molar-refractivity contribution in [1.82, 2.24) is 0 Å². The van der Waals surface area contributed by atoms with Gasteiger partial charge < -0.3 is 15.2 Å². The highest BCUT2D eigenvalue weighted by Gasteiger charge is 2.33. The summed E-state index contributed by atoms with van der Waals surface area (Å²) in [6.07, 6.45) is 1.59. The Morgan fingerprint density at radius 1 is 1.36 bits per heavy atom. The number of amides is 1. The molecule has 0 spiro atoms. The van der Waals surface area contributed by atoms with Crippen molar-refractivity contribution in [3.05, 3.63) is 36.4 Å². The zero-order valence-electron chi connectivity index (χ0n) is 12.7. The van der Waals surface area contributed by atoms with Crippen LogP contribution in [0, 0.1) is 11.8 Å². The number of carboxylic acid groups (broad SMARTS) is 1. The third-order valence-electron chi connectivity index (χ3n) is 3.74. The number of hydrogen-bond donors (Lipinski definition) is 2. The molecule has 1 aromatic rings. The van der Waals surface area contributed by atoms with Gasteiger partial charge in [-0.15, -0.1) is 0 Å². The fraction of sp³-hybridized carbons (Fsp3) is 0.412. The molecule has 1 amide bonds. The third-order valence-corrected chi connectivity index (χ3v) is 3.74. The number of nitrogens with one attached hydrogen (secondary N) is 1. The van der Waals surface area contributed by atoms with E-state index in [9.17, 15) is 9.59 Å². The lowest BCUT2D eigenvalue weighted by molar-refractivity contribution is -0.141. The van der Waals surface area contributed by atoms with Gasteiger partial charge in [0.25, 0.3) is 0 Å². The second-order valence-corrected chi connectivity index (χ2v) is 5.81. The maximum absolute atomic E-state index is 12.2. The maximum Gasteiger partial charge on any atom is 0.306 e. The Kier molecular flexibility index (Phi) is 5.20. The molecule has 2 atom stereocenters. The molecule has 5 heteroatoms. The molecule has 0 bridgehead atoms. The van der Waals surface area contributed by atoms with E-state index in [1.165, 1.54) is 0 Å². The van der Waals surface area contributed by atoms with Crippen molar-refractivity contribution in [3.8, 4) is 5.75 Å². The van der Waals surface area contributed by atoms with Crippen LogP contribution in [0.3, 0.4) is 0 Å². The quantitative estimate of drug-likeness (QED) is 0.792. The molecule has 1 fully saturated rings. The van der Waals surface area contributed by atoms with Crippen LogP contribution in [0.1, 0.15) is 26.2 Å². The van der Waals surface area contributed by atoms with Gasteiger partial charge in [0.1, 0.15) is 12.4 Å². The zero-order chi connectivity index (χ0) is 16.1. The van der Waals surface area contributed by atoms with Crippen LogP contribution in [0.5, 0.6) is 5.75 Å². The Bertz CT molecular complexity index is 582. The number of benzene rings is 1. The highest BCUT2D eigenvalue weighted by atomic mass is 16.5. The second kappa shape index (κ2) is 7.11. The standard InChI is InChI=1S/C17H21NO4/c1-11(2)10-22-15-5-3-4-14(9-15)18-16(19)12-6-7-13(8-12)17(20)21/h3-5,9,12-13H,1,6-8,10H2,2H3,(H,18,19)(H,20,21)/t12-,13+/m1/s1. The molecule has 2 N–H and O–H groups in total. The van der Waals surface area contributed by atoms with Gasteiger partial charge in [-0.1, -0.05) is 12.6 Å². The van der Waals surface area contributed by atoms with Gasteiger partial charge in [0.05, 0.1) is 5.92 Å².